The maximum Gasteiger partial charge on any atom is 0.331 e. The van der Waals surface area contributed by atoms with Crippen molar-refractivity contribution in [2.24, 2.45) is 0 Å². The summed E-state index contributed by atoms with van der Waals surface area (Å²) in [5.41, 5.74) is 2.26. The molecule has 0 aliphatic carbocycles. The monoisotopic (exact) mass is 341 g/mol. The van der Waals surface area contributed by atoms with Crippen molar-refractivity contribution in [1.29, 1.82) is 5.26 Å². The molecule has 0 atom stereocenters. The second kappa shape index (κ2) is 7.41. The van der Waals surface area contributed by atoms with Gasteiger partial charge in [0.15, 0.2) is 0 Å². The second-order valence-electron chi connectivity index (χ2n) is 4.30. The number of benzene rings is 2. The standard InChI is InChI=1S/C17H12BrNO2/c18-16-7-4-13(5-8-16)6-9-17(20)21-12-15-3-1-2-14(10-15)11-19/h1-10H,12H2/b9-6+. The number of carbonyl (C=O) groups excluding carboxylic acids is 1. The van der Waals surface area contributed by atoms with Crippen LogP contribution < -0.4 is 0 Å². The minimum atomic E-state index is -0.416. The smallest absolute Gasteiger partial charge is 0.331 e. The molecular weight excluding hydrogens is 330 g/mol. The molecule has 0 unspecified atom stereocenters. The predicted molar refractivity (Wildman–Crippen MR) is 84.1 cm³/mol. The molecule has 3 nitrogen and oxygen atoms in total. The first-order valence-electron chi connectivity index (χ1n) is 6.27. The highest BCUT2D eigenvalue weighted by Crippen LogP contribution is 2.11. The molecule has 0 radical (unpaired) electrons. The van der Waals surface area contributed by atoms with Crippen LogP contribution in [-0.2, 0) is 16.1 Å². The molecule has 0 saturated heterocycles. The molecule has 0 bridgehead atoms. The van der Waals surface area contributed by atoms with Crippen molar-refractivity contribution in [3.63, 3.8) is 0 Å². The fourth-order valence-corrected chi connectivity index (χ4v) is 1.94. The van der Waals surface area contributed by atoms with Gasteiger partial charge in [-0.1, -0.05) is 40.2 Å². The van der Waals surface area contributed by atoms with E-state index >= 15 is 0 Å². The Kier molecular flexibility index (Phi) is 5.30. The van der Waals surface area contributed by atoms with Gasteiger partial charge in [0.05, 0.1) is 11.6 Å². The lowest BCUT2D eigenvalue weighted by Gasteiger charge is -2.02. The van der Waals surface area contributed by atoms with Crippen LogP contribution in [0.25, 0.3) is 6.08 Å². The molecule has 0 N–H and O–H groups in total. The van der Waals surface area contributed by atoms with Gasteiger partial charge in [-0.3, -0.25) is 0 Å². The number of halogens is 1. The topological polar surface area (TPSA) is 50.1 Å². The van der Waals surface area contributed by atoms with Gasteiger partial charge in [0, 0.05) is 10.5 Å². The van der Waals surface area contributed by atoms with Crippen molar-refractivity contribution >= 4 is 28.0 Å². The van der Waals surface area contributed by atoms with E-state index in [4.69, 9.17) is 10.00 Å². The lowest BCUT2D eigenvalue weighted by Crippen LogP contribution is -2.00. The van der Waals surface area contributed by atoms with E-state index in [-0.39, 0.29) is 6.61 Å². The van der Waals surface area contributed by atoms with Gasteiger partial charge < -0.3 is 4.74 Å². The summed E-state index contributed by atoms with van der Waals surface area (Å²) in [5.74, 6) is -0.416. The zero-order valence-electron chi connectivity index (χ0n) is 11.1. The van der Waals surface area contributed by atoms with E-state index in [1.165, 1.54) is 6.08 Å². The summed E-state index contributed by atoms with van der Waals surface area (Å²) in [6, 6.07) is 16.6. The highest BCUT2D eigenvalue weighted by atomic mass is 79.9. The van der Waals surface area contributed by atoms with Crippen LogP contribution in [0.2, 0.25) is 0 Å². The Labute approximate surface area is 131 Å². The predicted octanol–water partition coefficient (Wildman–Crippen LogP) is 4.08. The Morgan fingerprint density at radius 3 is 2.71 bits per heavy atom. The zero-order chi connectivity index (χ0) is 15.1. The maximum absolute atomic E-state index is 11.6. The van der Waals surface area contributed by atoms with Crippen LogP contribution in [0.1, 0.15) is 16.7 Å². The first kappa shape index (κ1) is 15.0. The van der Waals surface area contributed by atoms with Crippen molar-refractivity contribution in [1.82, 2.24) is 0 Å². The largest absolute Gasteiger partial charge is 0.458 e. The summed E-state index contributed by atoms with van der Waals surface area (Å²) in [6.45, 7) is 0.152. The number of esters is 1. The van der Waals surface area contributed by atoms with Crippen LogP contribution in [0.4, 0.5) is 0 Å². The van der Waals surface area contributed by atoms with Gasteiger partial charge in [0.25, 0.3) is 0 Å². The fraction of sp³-hybridized carbons (Fsp3) is 0.0588. The number of nitrogens with zero attached hydrogens (tertiary/aromatic N) is 1. The third-order valence-electron chi connectivity index (χ3n) is 2.72. The average molecular weight is 342 g/mol. The number of rotatable bonds is 4. The van der Waals surface area contributed by atoms with Gasteiger partial charge in [0.1, 0.15) is 6.61 Å². The molecule has 0 amide bonds. The van der Waals surface area contributed by atoms with Crippen LogP contribution in [0.5, 0.6) is 0 Å². The molecule has 2 aromatic rings. The van der Waals surface area contributed by atoms with Crippen LogP contribution in [0.3, 0.4) is 0 Å². The molecule has 0 fully saturated rings. The zero-order valence-corrected chi connectivity index (χ0v) is 12.7. The Morgan fingerprint density at radius 1 is 1.24 bits per heavy atom. The third-order valence-corrected chi connectivity index (χ3v) is 3.25. The van der Waals surface area contributed by atoms with Gasteiger partial charge in [-0.05, 0) is 41.5 Å². The van der Waals surface area contributed by atoms with Gasteiger partial charge in [0.2, 0.25) is 0 Å². The molecule has 2 rings (SSSR count). The molecule has 0 saturated carbocycles. The highest BCUT2D eigenvalue weighted by molar-refractivity contribution is 9.10. The normalized spacial score (nSPS) is 10.3. The molecule has 0 aliphatic rings. The Balaban J connectivity index is 1.90. The summed E-state index contributed by atoms with van der Waals surface area (Å²) < 4.78 is 6.11. The quantitative estimate of drug-likeness (QED) is 0.621. The van der Waals surface area contributed by atoms with Crippen LogP contribution >= 0.6 is 15.9 Å². The van der Waals surface area contributed by atoms with Crippen LogP contribution in [0, 0.1) is 11.3 Å². The summed E-state index contributed by atoms with van der Waals surface area (Å²) in [5, 5.41) is 8.80. The average Bonchev–Trinajstić information content (AvgIpc) is 2.52. The molecule has 4 heteroatoms. The van der Waals surface area contributed by atoms with Crippen molar-refractivity contribution in [2.45, 2.75) is 6.61 Å². The van der Waals surface area contributed by atoms with Gasteiger partial charge in [-0.15, -0.1) is 0 Å². The molecule has 21 heavy (non-hydrogen) atoms. The van der Waals surface area contributed by atoms with E-state index in [9.17, 15) is 4.79 Å². The Hall–Kier alpha value is -2.38. The molecule has 104 valence electrons. The highest BCUT2D eigenvalue weighted by Gasteiger charge is 2.00. The molecule has 0 spiro atoms. The lowest BCUT2D eigenvalue weighted by molar-refractivity contribution is -0.138. The maximum atomic E-state index is 11.6. The van der Waals surface area contributed by atoms with Crippen molar-refractivity contribution in [2.75, 3.05) is 0 Å². The molecular formula is C17H12BrNO2. The van der Waals surface area contributed by atoms with Gasteiger partial charge in [-0.25, -0.2) is 4.79 Å². The Bertz CT molecular complexity index is 699. The summed E-state index contributed by atoms with van der Waals surface area (Å²) >= 11 is 3.35. The summed E-state index contributed by atoms with van der Waals surface area (Å²) in [6.07, 6.45) is 3.08. The van der Waals surface area contributed by atoms with Crippen LogP contribution in [-0.4, -0.2) is 5.97 Å². The van der Waals surface area contributed by atoms with Crippen molar-refractivity contribution in [3.8, 4) is 6.07 Å². The van der Waals surface area contributed by atoms with Crippen molar-refractivity contribution in [3.05, 3.63) is 75.8 Å². The van der Waals surface area contributed by atoms with E-state index in [2.05, 4.69) is 15.9 Å². The number of hydrogen-bond donors (Lipinski definition) is 0. The number of ether oxygens (including phenoxy) is 1. The van der Waals surface area contributed by atoms with Crippen LogP contribution in [0.15, 0.2) is 59.1 Å². The van der Waals surface area contributed by atoms with E-state index in [1.807, 2.05) is 36.4 Å². The molecule has 0 heterocycles. The SMILES string of the molecule is N#Cc1cccc(COC(=O)/C=C/c2ccc(Br)cc2)c1. The number of nitriles is 1. The first-order valence-corrected chi connectivity index (χ1v) is 7.06. The summed E-state index contributed by atoms with van der Waals surface area (Å²) in [4.78, 5) is 11.6. The summed E-state index contributed by atoms with van der Waals surface area (Å²) in [7, 11) is 0. The van der Waals surface area contributed by atoms with Gasteiger partial charge >= 0.3 is 5.97 Å². The lowest BCUT2D eigenvalue weighted by atomic mass is 10.1. The van der Waals surface area contributed by atoms with E-state index in [0.717, 1.165) is 15.6 Å². The minimum Gasteiger partial charge on any atom is -0.458 e. The second-order valence-corrected chi connectivity index (χ2v) is 5.22. The minimum absolute atomic E-state index is 0.152. The van der Waals surface area contributed by atoms with E-state index in [1.54, 1.807) is 24.3 Å². The Morgan fingerprint density at radius 2 is 2.00 bits per heavy atom. The molecule has 0 aliphatic heterocycles. The fourth-order valence-electron chi connectivity index (χ4n) is 1.67. The molecule has 2 aromatic carbocycles. The number of carbonyl (C=O) groups is 1. The number of hydrogen-bond acceptors (Lipinski definition) is 3. The van der Waals surface area contributed by atoms with Gasteiger partial charge in [-0.2, -0.15) is 5.26 Å². The third kappa shape index (κ3) is 4.90. The first-order chi connectivity index (χ1) is 10.2. The van der Waals surface area contributed by atoms with E-state index < -0.39 is 5.97 Å². The van der Waals surface area contributed by atoms with Crippen molar-refractivity contribution < 1.29 is 9.53 Å². The van der Waals surface area contributed by atoms with E-state index in [0.29, 0.717) is 5.56 Å². The molecule has 0 aromatic heterocycles.